The van der Waals surface area contributed by atoms with E-state index < -0.39 is 5.41 Å². The van der Waals surface area contributed by atoms with E-state index in [1.165, 1.54) is 16.2 Å². The number of nitrogens with two attached hydrogens (primary N) is 1. The zero-order chi connectivity index (χ0) is 12.9. The molecule has 1 aromatic rings. The zero-order valence-corrected chi connectivity index (χ0v) is 11.6. The molecule has 0 unspecified atom stereocenters. The van der Waals surface area contributed by atoms with E-state index in [9.17, 15) is 4.79 Å². The summed E-state index contributed by atoms with van der Waals surface area (Å²) < 4.78 is 0. The highest BCUT2D eigenvalue weighted by molar-refractivity contribution is 7.15. The zero-order valence-electron chi connectivity index (χ0n) is 10.7. The number of thiazole rings is 1. The van der Waals surface area contributed by atoms with Crippen molar-refractivity contribution in [1.29, 1.82) is 0 Å². The normalized spacial score (nSPS) is 11.5. The summed E-state index contributed by atoms with van der Waals surface area (Å²) in [6, 6.07) is 0. The first kappa shape index (κ1) is 14.1. The highest BCUT2D eigenvalue weighted by Gasteiger charge is 2.33. The topological polar surface area (TPSA) is 68.0 Å². The van der Waals surface area contributed by atoms with Gasteiger partial charge in [-0.05, 0) is 19.3 Å². The van der Waals surface area contributed by atoms with Crippen molar-refractivity contribution < 1.29 is 4.79 Å². The lowest BCUT2D eigenvalue weighted by molar-refractivity contribution is -0.125. The van der Waals surface area contributed by atoms with Crippen molar-refractivity contribution in [2.45, 2.75) is 40.0 Å². The summed E-state index contributed by atoms with van der Waals surface area (Å²) in [5.74, 6) is -0.0120. The number of carbonyl (C=O) groups excluding carboxylic acids is 1. The van der Waals surface area contributed by atoms with Gasteiger partial charge in [0, 0.05) is 17.6 Å². The Morgan fingerprint density at radius 1 is 1.47 bits per heavy atom. The quantitative estimate of drug-likeness (QED) is 0.820. The maximum Gasteiger partial charge on any atom is 0.233 e. The number of nitrogens with zero attached hydrogens (tertiary/aromatic N) is 1. The third-order valence-corrected chi connectivity index (χ3v) is 4.41. The molecule has 0 radical (unpaired) electrons. The second-order valence-corrected chi connectivity index (χ2v) is 5.25. The summed E-state index contributed by atoms with van der Waals surface area (Å²) >= 11 is 1.52. The number of anilines is 1. The Balaban J connectivity index is 2.76. The van der Waals surface area contributed by atoms with Crippen LogP contribution in [-0.2, 0) is 11.2 Å². The van der Waals surface area contributed by atoms with Gasteiger partial charge in [0.05, 0.1) is 5.41 Å². The van der Waals surface area contributed by atoms with Crippen molar-refractivity contribution >= 4 is 22.4 Å². The molecule has 4 nitrogen and oxygen atoms in total. The number of nitrogens with one attached hydrogen (secondary N) is 1. The molecule has 3 N–H and O–H groups in total. The van der Waals surface area contributed by atoms with Crippen LogP contribution in [0.25, 0.3) is 0 Å². The molecule has 1 amide bonds. The number of aromatic nitrogens is 1. The molecule has 0 atom stereocenters. The Morgan fingerprint density at radius 3 is 2.53 bits per heavy atom. The molecule has 1 rings (SSSR count). The molecule has 1 heterocycles. The second kappa shape index (κ2) is 6.12. The van der Waals surface area contributed by atoms with Crippen LogP contribution in [0.4, 0.5) is 5.13 Å². The fourth-order valence-electron chi connectivity index (χ4n) is 1.71. The fourth-order valence-corrected chi connectivity index (χ4v) is 2.46. The average Bonchev–Trinajstić information content (AvgIpc) is 2.80. The molecular formula is C12H21N3OS. The maximum atomic E-state index is 12.2. The van der Waals surface area contributed by atoms with Crippen molar-refractivity contribution in [3.63, 3.8) is 0 Å². The molecule has 0 fully saturated rings. The minimum Gasteiger partial charge on any atom is -0.329 e. The summed E-state index contributed by atoms with van der Waals surface area (Å²) in [5.41, 5.74) is 5.28. The molecular weight excluding hydrogens is 234 g/mol. The first-order valence-electron chi connectivity index (χ1n) is 6.08. The maximum absolute atomic E-state index is 12.2. The van der Waals surface area contributed by atoms with Crippen molar-refractivity contribution in [3.8, 4) is 0 Å². The lowest BCUT2D eigenvalue weighted by Crippen LogP contribution is -2.41. The van der Waals surface area contributed by atoms with Gasteiger partial charge in [-0.15, -0.1) is 11.3 Å². The van der Waals surface area contributed by atoms with Crippen molar-refractivity contribution in [1.82, 2.24) is 4.98 Å². The molecule has 0 aromatic carbocycles. The van der Waals surface area contributed by atoms with Gasteiger partial charge in [0.1, 0.15) is 0 Å². The van der Waals surface area contributed by atoms with Crippen molar-refractivity contribution in [2.75, 3.05) is 11.9 Å². The monoisotopic (exact) mass is 255 g/mol. The van der Waals surface area contributed by atoms with Crippen LogP contribution in [0.3, 0.4) is 0 Å². The Bertz CT molecular complexity index is 363. The molecule has 0 saturated heterocycles. The van der Waals surface area contributed by atoms with Crippen LogP contribution in [0.5, 0.6) is 0 Å². The van der Waals surface area contributed by atoms with Gasteiger partial charge >= 0.3 is 0 Å². The Hall–Kier alpha value is -0.940. The minimum atomic E-state index is -0.460. The lowest BCUT2D eigenvalue weighted by atomic mass is 9.81. The third-order valence-electron chi connectivity index (χ3n) is 3.35. The highest BCUT2D eigenvalue weighted by atomic mass is 32.1. The predicted octanol–water partition coefficient (Wildman–Crippen LogP) is 2.41. The van der Waals surface area contributed by atoms with Crippen LogP contribution < -0.4 is 11.1 Å². The Kier molecular flexibility index (Phi) is 5.08. The van der Waals surface area contributed by atoms with E-state index in [2.05, 4.69) is 17.2 Å². The molecule has 0 aliphatic carbocycles. The standard InChI is InChI=1S/C12H21N3OS/c1-4-9-7-14-11(17-9)15-10(16)12(5-2,6-3)8-13/h7H,4-6,8,13H2,1-3H3,(H,14,15,16). The third kappa shape index (κ3) is 3.04. The molecule has 0 aliphatic heterocycles. The van der Waals surface area contributed by atoms with Crippen molar-refractivity contribution in [2.24, 2.45) is 11.1 Å². The van der Waals surface area contributed by atoms with Gasteiger partial charge in [-0.1, -0.05) is 20.8 Å². The van der Waals surface area contributed by atoms with E-state index in [-0.39, 0.29) is 5.91 Å². The van der Waals surface area contributed by atoms with Crippen LogP contribution in [0.1, 0.15) is 38.5 Å². The first-order valence-corrected chi connectivity index (χ1v) is 6.89. The smallest absolute Gasteiger partial charge is 0.233 e. The number of carbonyl (C=O) groups is 1. The average molecular weight is 255 g/mol. The number of amides is 1. The predicted molar refractivity (Wildman–Crippen MR) is 72.2 cm³/mol. The van der Waals surface area contributed by atoms with E-state index in [4.69, 9.17) is 5.73 Å². The fraction of sp³-hybridized carbons (Fsp3) is 0.667. The van der Waals surface area contributed by atoms with E-state index >= 15 is 0 Å². The van der Waals surface area contributed by atoms with Gasteiger partial charge in [-0.25, -0.2) is 4.98 Å². The number of rotatable bonds is 6. The van der Waals surface area contributed by atoms with Gasteiger partial charge in [0.25, 0.3) is 0 Å². The summed E-state index contributed by atoms with van der Waals surface area (Å²) in [7, 11) is 0. The molecule has 96 valence electrons. The van der Waals surface area contributed by atoms with Crippen LogP contribution in [0.2, 0.25) is 0 Å². The minimum absolute atomic E-state index is 0.0120. The van der Waals surface area contributed by atoms with Crippen LogP contribution >= 0.6 is 11.3 Å². The summed E-state index contributed by atoms with van der Waals surface area (Å²) in [6.45, 7) is 6.43. The van der Waals surface area contributed by atoms with E-state index in [1.54, 1.807) is 0 Å². The second-order valence-electron chi connectivity index (χ2n) is 4.13. The largest absolute Gasteiger partial charge is 0.329 e. The summed E-state index contributed by atoms with van der Waals surface area (Å²) in [4.78, 5) is 17.6. The molecule has 0 spiro atoms. The number of hydrogen-bond donors (Lipinski definition) is 2. The van der Waals surface area contributed by atoms with Crippen molar-refractivity contribution in [3.05, 3.63) is 11.1 Å². The van der Waals surface area contributed by atoms with Gasteiger partial charge in [0.2, 0.25) is 5.91 Å². The molecule has 5 heteroatoms. The van der Waals surface area contributed by atoms with E-state index in [0.29, 0.717) is 11.7 Å². The lowest BCUT2D eigenvalue weighted by Gasteiger charge is -2.27. The van der Waals surface area contributed by atoms with E-state index in [0.717, 1.165) is 19.3 Å². The van der Waals surface area contributed by atoms with Crippen LogP contribution in [0.15, 0.2) is 6.20 Å². The highest BCUT2D eigenvalue weighted by Crippen LogP contribution is 2.28. The summed E-state index contributed by atoms with van der Waals surface area (Å²) in [6.07, 6.45) is 4.25. The van der Waals surface area contributed by atoms with E-state index in [1.807, 2.05) is 20.0 Å². The molecule has 17 heavy (non-hydrogen) atoms. The number of hydrogen-bond acceptors (Lipinski definition) is 4. The van der Waals surface area contributed by atoms with Crippen LogP contribution in [0, 0.1) is 5.41 Å². The number of aryl methyl sites for hydroxylation is 1. The molecule has 0 aliphatic rings. The molecule has 0 saturated carbocycles. The molecule has 0 bridgehead atoms. The Morgan fingerprint density at radius 2 is 2.12 bits per heavy atom. The van der Waals surface area contributed by atoms with Gasteiger partial charge in [-0.2, -0.15) is 0 Å². The Labute approximate surface area is 107 Å². The van der Waals surface area contributed by atoms with Gasteiger partial charge in [-0.3, -0.25) is 4.79 Å². The SMILES string of the molecule is CCc1cnc(NC(=O)C(CC)(CC)CN)s1. The van der Waals surface area contributed by atoms with Crippen LogP contribution in [-0.4, -0.2) is 17.4 Å². The first-order chi connectivity index (χ1) is 8.11. The molecule has 1 aromatic heterocycles. The van der Waals surface area contributed by atoms with Gasteiger partial charge < -0.3 is 11.1 Å². The summed E-state index contributed by atoms with van der Waals surface area (Å²) in [5, 5.41) is 3.55. The van der Waals surface area contributed by atoms with Gasteiger partial charge in [0.15, 0.2) is 5.13 Å².